The minimum atomic E-state index is 0. The van der Waals surface area contributed by atoms with Crippen molar-refractivity contribution < 1.29 is 16.9 Å². The molecule has 0 bridgehead atoms. The maximum Gasteiger partial charge on any atom is 0.0787 e. The lowest BCUT2D eigenvalue weighted by molar-refractivity contribution is -0.915. The maximum absolute atomic E-state index is 2.46. The van der Waals surface area contributed by atoms with Crippen molar-refractivity contribution in [2.24, 2.45) is 5.92 Å². The third-order valence-electron chi connectivity index (χ3n) is 4.12. The van der Waals surface area contributed by atoms with E-state index < -0.39 is 0 Å². The van der Waals surface area contributed by atoms with Crippen LogP contribution in [0.25, 0.3) is 0 Å². The summed E-state index contributed by atoms with van der Waals surface area (Å²) >= 11 is 0. The first-order valence-corrected chi connectivity index (χ1v) is 7.00. The van der Waals surface area contributed by atoms with E-state index in [1.54, 1.807) is 0 Å². The molecule has 0 aliphatic carbocycles. The van der Waals surface area contributed by atoms with Gasteiger partial charge in [0.25, 0.3) is 0 Å². The van der Waals surface area contributed by atoms with E-state index in [0.29, 0.717) is 0 Å². The van der Waals surface area contributed by atoms with Crippen LogP contribution in [0.4, 0.5) is 0 Å². The Bertz CT molecular complexity index is 162. The standard InChI is InChI=1S/C14H30N.ClH/c1-4-5-6-7-8-11-15(3)12-9-14(2)10-13-15;/h14H,4-13H2,1-3H3;1H/q+1;/p-1. The van der Waals surface area contributed by atoms with E-state index in [4.69, 9.17) is 0 Å². The van der Waals surface area contributed by atoms with Crippen molar-refractivity contribution in [2.45, 2.75) is 58.8 Å². The molecule has 0 spiro atoms. The summed E-state index contributed by atoms with van der Waals surface area (Å²) in [7, 11) is 2.46. The lowest BCUT2D eigenvalue weighted by Gasteiger charge is -2.40. The zero-order chi connectivity index (χ0) is 11.1. The van der Waals surface area contributed by atoms with E-state index in [1.807, 2.05) is 0 Å². The summed E-state index contributed by atoms with van der Waals surface area (Å²) in [6, 6.07) is 0. The average molecular weight is 248 g/mol. The number of nitrogens with zero attached hydrogens (tertiary/aromatic N) is 1. The molecule has 0 aromatic heterocycles. The normalized spacial score (nSPS) is 29.8. The minimum Gasteiger partial charge on any atom is -1.00 e. The van der Waals surface area contributed by atoms with Crippen molar-refractivity contribution in [2.75, 3.05) is 26.7 Å². The summed E-state index contributed by atoms with van der Waals surface area (Å²) in [5.41, 5.74) is 0. The molecule has 0 amide bonds. The highest BCUT2D eigenvalue weighted by atomic mass is 35.5. The van der Waals surface area contributed by atoms with Crippen molar-refractivity contribution in [3.05, 3.63) is 0 Å². The summed E-state index contributed by atoms with van der Waals surface area (Å²) in [6.45, 7) is 8.98. The van der Waals surface area contributed by atoms with E-state index in [1.165, 1.54) is 69.1 Å². The number of likely N-dealkylation sites (tertiary alicyclic amines) is 1. The zero-order valence-corrected chi connectivity index (χ0v) is 12.2. The van der Waals surface area contributed by atoms with Gasteiger partial charge in [0.15, 0.2) is 0 Å². The van der Waals surface area contributed by atoms with Gasteiger partial charge < -0.3 is 16.9 Å². The van der Waals surface area contributed by atoms with Gasteiger partial charge in [-0.25, -0.2) is 0 Å². The van der Waals surface area contributed by atoms with Crippen LogP contribution in [0.2, 0.25) is 0 Å². The number of hydrogen-bond acceptors (Lipinski definition) is 0. The maximum atomic E-state index is 2.46. The van der Waals surface area contributed by atoms with Crippen LogP contribution >= 0.6 is 0 Å². The van der Waals surface area contributed by atoms with Gasteiger partial charge in [0, 0.05) is 0 Å². The summed E-state index contributed by atoms with van der Waals surface area (Å²) < 4.78 is 1.36. The summed E-state index contributed by atoms with van der Waals surface area (Å²) in [6.07, 6.45) is 10.1. The second-order valence-electron chi connectivity index (χ2n) is 5.89. The average Bonchev–Trinajstić information content (AvgIpc) is 2.23. The van der Waals surface area contributed by atoms with Crippen LogP contribution in [0, 0.1) is 5.92 Å². The van der Waals surface area contributed by atoms with Crippen molar-refractivity contribution in [3.8, 4) is 0 Å². The second-order valence-corrected chi connectivity index (χ2v) is 5.89. The first-order valence-electron chi connectivity index (χ1n) is 7.00. The number of quaternary nitrogens is 1. The smallest absolute Gasteiger partial charge is 0.0787 e. The Morgan fingerprint density at radius 1 is 1.00 bits per heavy atom. The predicted octanol–water partition coefficient (Wildman–Crippen LogP) is 0.837. The molecule has 1 saturated heterocycles. The fourth-order valence-corrected chi connectivity index (χ4v) is 2.64. The molecule has 1 rings (SSSR count). The molecule has 0 atom stereocenters. The molecule has 1 aliphatic heterocycles. The van der Waals surface area contributed by atoms with E-state index >= 15 is 0 Å². The topological polar surface area (TPSA) is 0 Å². The van der Waals surface area contributed by atoms with E-state index in [-0.39, 0.29) is 12.4 Å². The fourth-order valence-electron chi connectivity index (χ4n) is 2.64. The monoisotopic (exact) mass is 247 g/mol. The van der Waals surface area contributed by atoms with Crippen molar-refractivity contribution in [3.63, 3.8) is 0 Å². The van der Waals surface area contributed by atoms with Gasteiger partial charge in [-0.05, 0) is 31.6 Å². The number of unbranched alkanes of at least 4 members (excludes halogenated alkanes) is 4. The van der Waals surface area contributed by atoms with E-state index in [0.717, 1.165) is 5.92 Å². The molecule has 0 aromatic rings. The molecule has 1 aliphatic rings. The Hall–Kier alpha value is 0.250. The molecule has 0 radical (unpaired) electrons. The molecule has 1 heterocycles. The SMILES string of the molecule is CCCCCCC[N+]1(C)CCC(C)CC1.[Cl-]. The number of piperidine rings is 1. The Morgan fingerprint density at radius 2 is 1.56 bits per heavy atom. The highest BCUT2D eigenvalue weighted by Crippen LogP contribution is 2.22. The summed E-state index contributed by atoms with van der Waals surface area (Å²) in [5.74, 6) is 0.983. The number of rotatable bonds is 6. The Kier molecular flexibility index (Phi) is 8.49. The van der Waals surface area contributed by atoms with Crippen molar-refractivity contribution in [1.29, 1.82) is 0 Å². The number of halogens is 1. The molecule has 1 nitrogen and oxygen atoms in total. The largest absolute Gasteiger partial charge is 1.00 e. The van der Waals surface area contributed by atoms with Crippen LogP contribution in [0.5, 0.6) is 0 Å². The molecule has 0 saturated carbocycles. The molecule has 98 valence electrons. The van der Waals surface area contributed by atoms with Gasteiger partial charge in [0.2, 0.25) is 0 Å². The van der Waals surface area contributed by atoms with Gasteiger partial charge in [-0.15, -0.1) is 0 Å². The van der Waals surface area contributed by atoms with Gasteiger partial charge in [0.1, 0.15) is 0 Å². The molecule has 2 heteroatoms. The Balaban J connectivity index is 0.00000225. The van der Waals surface area contributed by atoms with E-state index in [9.17, 15) is 0 Å². The van der Waals surface area contributed by atoms with Crippen molar-refractivity contribution in [1.82, 2.24) is 0 Å². The van der Waals surface area contributed by atoms with Gasteiger partial charge >= 0.3 is 0 Å². The Morgan fingerprint density at radius 3 is 2.12 bits per heavy atom. The van der Waals surface area contributed by atoms with E-state index in [2.05, 4.69) is 20.9 Å². The molecule has 0 aromatic carbocycles. The highest BCUT2D eigenvalue weighted by Gasteiger charge is 2.27. The predicted molar refractivity (Wildman–Crippen MR) is 67.9 cm³/mol. The van der Waals surface area contributed by atoms with Gasteiger partial charge in [0.05, 0.1) is 26.7 Å². The first-order chi connectivity index (χ1) is 7.16. The van der Waals surface area contributed by atoms with Gasteiger partial charge in [-0.3, -0.25) is 0 Å². The zero-order valence-electron chi connectivity index (χ0n) is 11.5. The lowest BCUT2D eigenvalue weighted by Crippen LogP contribution is -3.00. The van der Waals surface area contributed by atoms with Crippen LogP contribution in [-0.2, 0) is 0 Å². The van der Waals surface area contributed by atoms with Crippen LogP contribution in [0.3, 0.4) is 0 Å². The van der Waals surface area contributed by atoms with Gasteiger partial charge in [-0.1, -0.05) is 33.1 Å². The first kappa shape index (κ1) is 16.2. The number of hydrogen-bond donors (Lipinski definition) is 0. The molecule has 0 unspecified atom stereocenters. The highest BCUT2D eigenvalue weighted by molar-refractivity contribution is 4.59. The van der Waals surface area contributed by atoms with Crippen LogP contribution in [0.15, 0.2) is 0 Å². The minimum absolute atomic E-state index is 0. The molecular weight excluding hydrogens is 218 g/mol. The summed E-state index contributed by atoms with van der Waals surface area (Å²) in [4.78, 5) is 0. The third-order valence-corrected chi connectivity index (χ3v) is 4.12. The van der Waals surface area contributed by atoms with Crippen LogP contribution in [-0.4, -0.2) is 31.2 Å². The molecule has 16 heavy (non-hydrogen) atoms. The molecule has 0 N–H and O–H groups in total. The summed E-state index contributed by atoms with van der Waals surface area (Å²) in [5, 5.41) is 0. The van der Waals surface area contributed by atoms with Gasteiger partial charge in [-0.2, -0.15) is 0 Å². The fraction of sp³-hybridized carbons (Fsp3) is 1.00. The lowest BCUT2D eigenvalue weighted by atomic mass is 9.97. The quantitative estimate of drug-likeness (QED) is 0.482. The van der Waals surface area contributed by atoms with Crippen LogP contribution < -0.4 is 12.4 Å². The molecule has 1 fully saturated rings. The van der Waals surface area contributed by atoms with Crippen molar-refractivity contribution >= 4 is 0 Å². The van der Waals surface area contributed by atoms with Crippen LogP contribution in [0.1, 0.15) is 58.8 Å². The Labute approximate surface area is 109 Å². The second kappa shape index (κ2) is 8.36. The third kappa shape index (κ3) is 6.10. The molecular formula is C14H30ClN.